The van der Waals surface area contributed by atoms with Gasteiger partial charge in [-0.1, -0.05) is 58.0 Å². The molecule has 3 aromatic rings. The van der Waals surface area contributed by atoms with E-state index in [1.807, 2.05) is 71.0 Å². The molecular weight excluding hydrogens is 508 g/mol. The number of fused-ring (bicyclic) bond motifs is 4. The van der Waals surface area contributed by atoms with Crippen molar-refractivity contribution in [1.29, 1.82) is 0 Å². The van der Waals surface area contributed by atoms with E-state index in [9.17, 15) is 14.7 Å². The maximum absolute atomic E-state index is 13.7. The van der Waals surface area contributed by atoms with Crippen LogP contribution in [0.15, 0.2) is 46.9 Å². The Balaban J connectivity index is 1.51. The number of aliphatic hydroxyl groups excluding tert-OH is 1. The molecule has 0 fully saturated rings. The molecule has 9 heteroatoms. The molecule has 4 heterocycles. The molecule has 2 aromatic carbocycles. The molecule has 1 spiro atoms. The minimum atomic E-state index is -1.20. The van der Waals surface area contributed by atoms with Crippen LogP contribution in [0.1, 0.15) is 74.2 Å². The predicted octanol–water partition coefficient (Wildman–Crippen LogP) is 3.72. The Labute approximate surface area is 233 Å². The highest BCUT2D eigenvalue weighted by Gasteiger charge is 2.60. The molecule has 0 radical (unpaired) electrons. The number of amides is 2. The fourth-order valence-corrected chi connectivity index (χ4v) is 6.30. The first kappa shape index (κ1) is 26.4. The van der Waals surface area contributed by atoms with Crippen LogP contribution in [0, 0.1) is 18.8 Å². The first-order chi connectivity index (χ1) is 19.1. The molecular formula is C31H36N4O5. The second-order valence-electron chi connectivity index (χ2n) is 11.9. The third kappa shape index (κ3) is 4.06. The van der Waals surface area contributed by atoms with E-state index in [4.69, 9.17) is 14.1 Å². The van der Waals surface area contributed by atoms with Crippen LogP contribution in [-0.4, -0.2) is 40.3 Å². The van der Waals surface area contributed by atoms with Gasteiger partial charge in [-0.15, -0.1) is 0 Å². The number of nitrogens with zero attached hydrogens (tertiary/aromatic N) is 1. The summed E-state index contributed by atoms with van der Waals surface area (Å²) in [6, 6.07) is 12.5. The van der Waals surface area contributed by atoms with Gasteiger partial charge < -0.3 is 30.2 Å². The molecule has 0 saturated carbocycles. The van der Waals surface area contributed by atoms with Crippen LogP contribution in [0.3, 0.4) is 0 Å². The zero-order chi connectivity index (χ0) is 28.3. The van der Waals surface area contributed by atoms with Gasteiger partial charge in [0.2, 0.25) is 17.7 Å². The number of carbonyl (C=O) groups excluding carboxylic acids is 2. The van der Waals surface area contributed by atoms with Crippen molar-refractivity contribution in [3.8, 4) is 5.75 Å². The van der Waals surface area contributed by atoms with Gasteiger partial charge >= 0.3 is 0 Å². The predicted molar refractivity (Wildman–Crippen MR) is 149 cm³/mol. The van der Waals surface area contributed by atoms with Gasteiger partial charge in [-0.3, -0.25) is 9.59 Å². The van der Waals surface area contributed by atoms with Crippen molar-refractivity contribution >= 4 is 17.5 Å². The molecule has 6 rings (SSSR count). The fraction of sp³-hybridized carbons (Fsp3) is 0.452. The number of oxazole rings is 1. The average molecular weight is 545 g/mol. The van der Waals surface area contributed by atoms with Gasteiger partial charge in [0.1, 0.15) is 35.1 Å². The summed E-state index contributed by atoms with van der Waals surface area (Å²) in [7, 11) is 0. The molecule has 0 aliphatic carbocycles. The smallest absolute Gasteiger partial charge is 0.249 e. The lowest BCUT2D eigenvalue weighted by atomic mass is 9.72. The van der Waals surface area contributed by atoms with E-state index >= 15 is 0 Å². The zero-order valence-electron chi connectivity index (χ0n) is 23.4. The lowest BCUT2D eigenvalue weighted by Gasteiger charge is -2.29. The number of aromatic nitrogens is 1. The van der Waals surface area contributed by atoms with E-state index < -0.39 is 35.7 Å². The number of benzene rings is 2. The largest absolute Gasteiger partial charge is 0.469 e. The Bertz CT molecular complexity index is 1480. The van der Waals surface area contributed by atoms with Crippen LogP contribution in [0.2, 0.25) is 0 Å². The van der Waals surface area contributed by atoms with Crippen molar-refractivity contribution in [1.82, 2.24) is 15.6 Å². The second kappa shape index (κ2) is 9.66. The van der Waals surface area contributed by atoms with E-state index in [1.165, 1.54) is 0 Å². The Hall–Kier alpha value is -3.85. The number of rotatable bonds is 5. The van der Waals surface area contributed by atoms with Gasteiger partial charge in [0, 0.05) is 17.7 Å². The van der Waals surface area contributed by atoms with Gasteiger partial charge in [0.25, 0.3) is 0 Å². The molecule has 4 N–H and O–H groups in total. The average Bonchev–Trinajstić information content (AvgIpc) is 3.53. The molecule has 2 unspecified atom stereocenters. The molecule has 3 aliphatic rings. The zero-order valence-corrected chi connectivity index (χ0v) is 23.4. The number of hydrogen-bond acceptors (Lipinski definition) is 7. The van der Waals surface area contributed by atoms with Gasteiger partial charge in [0.15, 0.2) is 6.23 Å². The van der Waals surface area contributed by atoms with Gasteiger partial charge in [-0.25, -0.2) is 4.98 Å². The summed E-state index contributed by atoms with van der Waals surface area (Å²) in [6.07, 6.45) is -1.10. The Morgan fingerprint density at radius 1 is 1.15 bits per heavy atom. The van der Waals surface area contributed by atoms with Gasteiger partial charge in [-0.05, 0) is 48.4 Å². The Kier molecular flexibility index (Phi) is 6.37. The number of carbonyl (C=O) groups is 2. The van der Waals surface area contributed by atoms with Gasteiger partial charge in [0.05, 0.1) is 5.69 Å². The number of aryl methyl sites for hydroxylation is 1. The first-order valence-electron chi connectivity index (χ1n) is 14.0. The number of aliphatic hydroxyl groups is 1. The molecule has 0 saturated heterocycles. The van der Waals surface area contributed by atoms with Crippen molar-refractivity contribution in [3.63, 3.8) is 0 Å². The third-order valence-electron chi connectivity index (χ3n) is 8.22. The Morgan fingerprint density at radius 2 is 1.93 bits per heavy atom. The number of ether oxygens (including phenoxy) is 1. The van der Waals surface area contributed by atoms with Crippen molar-refractivity contribution in [2.45, 2.75) is 77.3 Å². The Morgan fingerprint density at radius 3 is 2.67 bits per heavy atom. The summed E-state index contributed by atoms with van der Waals surface area (Å²) in [6.45, 7) is 9.77. The fourth-order valence-electron chi connectivity index (χ4n) is 6.30. The third-order valence-corrected chi connectivity index (χ3v) is 8.22. The summed E-state index contributed by atoms with van der Waals surface area (Å²) in [5, 5.41) is 19.9. The highest BCUT2D eigenvalue weighted by Crippen LogP contribution is 2.58. The van der Waals surface area contributed by atoms with Crippen LogP contribution < -0.4 is 20.7 Å². The summed E-state index contributed by atoms with van der Waals surface area (Å²) < 4.78 is 13.1. The molecule has 2 amide bonds. The number of hydrogen-bond donors (Lipinski definition) is 4. The van der Waals surface area contributed by atoms with Crippen molar-refractivity contribution in [2.75, 3.05) is 5.32 Å². The lowest BCUT2D eigenvalue weighted by molar-refractivity contribution is -0.135. The summed E-state index contributed by atoms with van der Waals surface area (Å²) in [5.41, 5.74) is 3.71. The van der Waals surface area contributed by atoms with Crippen molar-refractivity contribution < 1.29 is 23.8 Å². The van der Waals surface area contributed by atoms with Crippen molar-refractivity contribution in [2.24, 2.45) is 11.8 Å². The van der Waals surface area contributed by atoms with E-state index in [0.29, 0.717) is 18.1 Å². The maximum Gasteiger partial charge on any atom is 0.249 e. The second-order valence-corrected chi connectivity index (χ2v) is 11.9. The highest BCUT2D eigenvalue weighted by molar-refractivity contribution is 5.89. The normalized spacial score (nSPS) is 25.2. The van der Waals surface area contributed by atoms with E-state index in [0.717, 1.165) is 33.8 Å². The molecule has 1 aromatic heterocycles. The monoisotopic (exact) mass is 544 g/mol. The number of anilines is 1. The quantitative estimate of drug-likeness (QED) is 0.386. The minimum Gasteiger partial charge on any atom is -0.469 e. The summed E-state index contributed by atoms with van der Waals surface area (Å²) >= 11 is 0. The highest BCUT2D eigenvalue weighted by atomic mass is 16.5. The number of para-hydroxylation sites is 1. The molecule has 4 bridgehead atoms. The van der Waals surface area contributed by atoms with Crippen molar-refractivity contribution in [3.05, 3.63) is 76.5 Å². The van der Waals surface area contributed by atoms with Crippen LogP contribution in [0.5, 0.6) is 5.75 Å². The van der Waals surface area contributed by atoms with Crippen LogP contribution in [0.4, 0.5) is 5.69 Å². The minimum absolute atomic E-state index is 0.0452. The van der Waals surface area contributed by atoms with Crippen LogP contribution >= 0.6 is 0 Å². The molecule has 3 aliphatic heterocycles. The first-order valence-corrected chi connectivity index (χ1v) is 14.0. The summed E-state index contributed by atoms with van der Waals surface area (Å²) in [4.78, 5) is 31.5. The van der Waals surface area contributed by atoms with E-state index in [-0.39, 0.29) is 24.2 Å². The molecule has 210 valence electrons. The lowest BCUT2D eigenvalue weighted by Crippen LogP contribution is -2.52. The van der Waals surface area contributed by atoms with Crippen LogP contribution in [-0.2, 0) is 21.4 Å². The number of nitrogens with one attached hydrogen (secondary N) is 3. The van der Waals surface area contributed by atoms with Crippen LogP contribution in [0.25, 0.3) is 0 Å². The molecule has 40 heavy (non-hydrogen) atoms. The SMILES string of the molecule is Cc1nc2oc1C13c4ccccc4NC1Oc1ccc(cc13)C[C@H](NC(=O)[C@@H](O)CC(C)C)C(=O)N[C@H]2C(C)C. The molecule has 9 nitrogen and oxygen atoms in total. The van der Waals surface area contributed by atoms with E-state index in [2.05, 4.69) is 22.0 Å². The molecule has 5 atom stereocenters. The van der Waals surface area contributed by atoms with Gasteiger partial charge in [-0.2, -0.15) is 0 Å². The standard InChI is InChI=1S/C31H36N4O5/c1-15(2)12-23(36)28(38)33-22-14-18-10-11-24-20(13-18)31(19-8-6-7-9-21(19)34-30(31)39-24)26-17(5)32-29(40-26)25(16(3)4)35-27(22)37/h6-11,13,15-16,22-23,25,30,34,36H,12,14H2,1-5H3,(H,33,38)(H,35,37)/t22-,23-,25-,30?,31?/m0/s1. The summed E-state index contributed by atoms with van der Waals surface area (Å²) in [5.74, 6) is 0.971. The van der Waals surface area contributed by atoms with E-state index in [1.54, 1.807) is 0 Å². The maximum atomic E-state index is 13.7. The topological polar surface area (TPSA) is 126 Å².